The number of hydrogen-bond acceptors (Lipinski definition) is 7. The molecule has 0 aliphatic carbocycles. The molecule has 1 aromatic rings. The van der Waals surface area contributed by atoms with E-state index < -0.39 is 21.8 Å². The number of phenolic OH excluding ortho intramolecular Hbond substituents is 1. The van der Waals surface area contributed by atoms with Gasteiger partial charge in [-0.3, -0.25) is 9.69 Å². The minimum absolute atomic E-state index is 0.0664. The second-order valence-corrected chi connectivity index (χ2v) is 7.39. The van der Waals surface area contributed by atoms with Crippen LogP contribution in [0.5, 0.6) is 5.75 Å². The van der Waals surface area contributed by atoms with Gasteiger partial charge in [0.1, 0.15) is 10.1 Å². The van der Waals surface area contributed by atoms with Gasteiger partial charge in [0.2, 0.25) is 0 Å². The minimum atomic E-state index is -4.41. The van der Waals surface area contributed by atoms with Gasteiger partial charge >= 0.3 is 0 Å². The summed E-state index contributed by atoms with van der Waals surface area (Å²) in [5.74, 6) is -1.06. The van der Waals surface area contributed by atoms with Crippen molar-refractivity contribution in [2.75, 3.05) is 12.3 Å². The second kappa shape index (κ2) is 6.14. The lowest BCUT2D eigenvalue weighted by Crippen LogP contribution is -2.32. The summed E-state index contributed by atoms with van der Waals surface area (Å²) in [7, 11) is -4.41. The van der Waals surface area contributed by atoms with Crippen LogP contribution in [0.15, 0.2) is 29.2 Å². The van der Waals surface area contributed by atoms with Crippen molar-refractivity contribution in [2.45, 2.75) is 0 Å². The van der Waals surface area contributed by atoms with Gasteiger partial charge in [-0.1, -0.05) is 36.1 Å². The number of aromatic hydroxyl groups is 1. The van der Waals surface area contributed by atoms with Crippen LogP contribution in [-0.4, -0.2) is 45.5 Å². The SMILES string of the molecule is O=C1/C(=C/c2cccc(O)c2)SC(=S)N1CCS(=O)(=O)[O-]. The molecule has 0 saturated carbocycles. The lowest BCUT2D eigenvalue weighted by Gasteiger charge is -2.15. The molecule has 1 aliphatic heterocycles. The molecule has 0 atom stereocenters. The van der Waals surface area contributed by atoms with Crippen molar-refractivity contribution < 1.29 is 22.9 Å². The molecule has 1 aromatic carbocycles. The van der Waals surface area contributed by atoms with Crippen molar-refractivity contribution in [1.82, 2.24) is 4.90 Å². The van der Waals surface area contributed by atoms with Crippen molar-refractivity contribution in [3.8, 4) is 5.75 Å². The molecule has 9 heteroatoms. The van der Waals surface area contributed by atoms with Gasteiger partial charge in [-0.05, 0) is 23.8 Å². The third kappa shape index (κ3) is 4.27. The number of thiocarbonyl (C=S) groups is 1. The molecule has 112 valence electrons. The third-order valence-electron chi connectivity index (χ3n) is 2.61. The molecule has 0 bridgehead atoms. The maximum atomic E-state index is 12.1. The lowest BCUT2D eigenvalue weighted by atomic mass is 10.2. The van der Waals surface area contributed by atoms with Crippen molar-refractivity contribution >= 4 is 50.4 Å². The van der Waals surface area contributed by atoms with E-state index in [1.807, 2.05) is 0 Å². The third-order valence-corrected chi connectivity index (χ3v) is 4.67. The van der Waals surface area contributed by atoms with E-state index >= 15 is 0 Å². The van der Waals surface area contributed by atoms with Gasteiger partial charge in [0.25, 0.3) is 5.91 Å². The molecule has 0 aromatic heterocycles. The highest BCUT2D eigenvalue weighted by molar-refractivity contribution is 8.26. The highest BCUT2D eigenvalue weighted by Gasteiger charge is 2.31. The topological polar surface area (TPSA) is 97.7 Å². The van der Waals surface area contributed by atoms with E-state index in [1.165, 1.54) is 12.1 Å². The largest absolute Gasteiger partial charge is 0.748 e. The fourth-order valence-electron chi connectivity index (χ4n) is 1.66. The average molecular weight is 344 g/mol. The van der Waals surface area contributed by atoms with Gasteiger partial charge in [0.15, 0.2) is 0 Å². The van der Waals surface area contributed by atoms with E-state index in [4.69, 9.17) is 12.2 Å². The summed E-state index contributed by atoms with van der Waals surface area (Å²) in [6.45, 7) is -0.256. The molecule has 2 rings (SSSR count). The van der Waals surface area contributed by atoms with Crippen LogP contribution >= 0.6 is 24.0 Å². The van der Waals surface area contributed by atoms with Gasteiger partial charge < -0.3 is 9.66 Å². The second-order valence-electron chi connectivity index (χ2n) is 4.19. The van der Waals surface area contributed by atoms with Crippen molar-refractivity contribution in [1.29, 1.82) is 0 Å². The number of nitrogens with zero attached hydrogens (tertiary/aromatic N) is 1. The lowest BCUT2D eigenvalue weighted by molar-refractivity contribution is -0.121. The first kappa shape index (κ1) is 16.0. The molecular weight excluding hydrogens is 334 g/mol. The first-order valence-corrected chi connectivity index (χ1v) is 8.54. The first-order valence-electron chi connectivity index (χ1n) is 5.74. The van der Waals surface area contributed by atoms with E-state index in [-0.39, 0.29) is 16.6 Å². The maximum Gasteiger partial charge on any atom is 0.266 e. The molecule has 1 N–H and O–H groups in total. The van der Waals surface area contributed by atoms with Crippen molar-refractivity contribution in [3.05, 3.63) is 34.7 Å². The minimum Gasteiger partial charge on any atom is -0.748 e. The number of rotatable bonds is 4. The van der Waals surface area contributed by atoms with E-state index in [9.17, 15) is 22.9 Å². The number of benzene rings is 1. The zero-order valence-corrected chi connectivity index (χ0v) is 13.0. The molecule has 1 aliphatic rings. The molecule has 0 spiro atoms. The van der Waals surface area contributed by atoms with Crippen LogP contribution < -0.4 is 0 Å². The Morgan fingerprint density at radius 1 is 1.43 bits per heavy atom. The van der Waals surface area contributed by atoms with Gasteiger partial charge in [0.05, 0.1) is 20.8 Å². The number of amides is 1. The van der Waals surface area contributed by atoms with Crippen LogP contribution in [0.4, 0.5) is 0 Å². The monoisotopic (exact) mass is 344 g/mol. The van der Waals surface area contributed by atoms with Crippen molar-refractivity contribution in [2.24, 2.45) is 0 Å². The predicted molar refractivity (Wildman–Crippen MR) is 82.6 cm³/mol. The zero-order chi connectivity index (χ0) is 15.6. The van der Waals surface area contributed by atoms with Crippen LogP contribution in [-0.2, 0) is 14.9 Å². The normalized spacial score (nSPS) is 17.8. The summed E-state index contributed by atoms with van der Waals surface area (Å²) in [6.07, 6.45) is 1.55. The van der Waals surface area contributed by atoms with Gasteiger partial charge in [-0.2, -0.15) is 0 Å². The molecule has 1 fully saturated rings. The molecule has 0 unspecified atom stereocenters. The van der Waals surface area contributed by atoms with E-state index in [0.717, 1.165) is 16.7 Å². The summed E-state index contributed by atoms with van der Waals surface area (Å²) in [4.78, 5) is 13.5. The summed E-state index contributed by atoms with van der Waals surface area (Å²) >= 11 is 6.03. The summed E-state index contributed by atoms with van der Waals surface area (Å²) < 4.78 is 32.1. The zero-order valence-electron chi connectivity index (χ0n) is 10.6. The summed E-state index contributed by atoms with van der Waals surface area (Å²) in [6, 6.07) is 6.32. The highest BCUT2D eigenvalue weighted by atomic mass is 32.2. The average Bonchev–Trinajstić information content (AvgIpc) is 2.61. The number of phenols is 1. The number of carbonyl (C=O) groups excluding carboxylic acids is 1. The van der Waals surface area contributed by atoms with Crippen LogP contribution in [0.1, 0.15) is 5.56 Å². The summed E-state index contributed by atoms with van der Waals surface area (Å²) in [5.41, 5.74) is 0.618. The standard InChI is InChI=1S/C12H11NO5S3/c14-9-3-1-2-8(6-9)7-10-11(15)13(12(19)20-10)4-5-21(16,17)18/h1-3,6-7,14H,4-5H2,(H,16,17,18)/p-1/b10-7-. The number of hydrogen-bond donors (Lipinski definition) is 1. The van der Waals surface area contributed by atoms with Crippen LogP contribution in [0.3, 0.4) is 0 Å². The van der Waals surface area contributed by atoms with E-state index in [0.29, 0.717) is 10.5 Å². The van der Waals surface area contributed by atoms with Gasteiger partial charge in [-0.15, -0.1) is 0 Å². The Morgan fingerprint density at radius 2 is 2.14 bits per heavy atom. The molecule has 1 saturated heterocycles. The van der Waals surface area contributed by atoms with Gasteiger partial charge in [0, 0.05) is 6.54 Å². The Labute approximate surface area is 131 Å². The van der Waals surface area contributed by atoms with E-state index in [2.05, 4.69) is 0 Å². The Morgan fingerprint density at radius 3 is 2.76 bits per heavy atom. The highest BCUT2D eigenvalue weighted by Crippen LogP contribution is 2.32. The van der Waals surface area contributed by atoms with Crippen molar-refractivity contribution in [3.63, 3.8) is 0 Å². The number of thioether (sulfide) groups is 1. The van der Waals surface area contributed by atoms with Crippen LogP contribution in [0.25, 0.3) is 6.08 Å². The number of carbonyl (C=O) groups is 1. The predicted octanol–water partition coefficient (Wildman–Crippen LogP) is 1.14. The van der Waals surface area contributed by atoms with Crippen LogP contribution in [0, 0.1) is 0 Å². The Balaban J connectivity index is 2.18. The molecular formula is C12H10NO5S3-. The fraction of sp³-hybridized carbons (Fsp3) is 0.167. The Hall–Kier alpha value is -1.42. The quantitative estimate of drug-likeness (QED) is 0.497. The Kier molecular flexibility index (Phi) is 4.67. The molecule has 1 amide bonds. The fourth-order valence-corrected chi connectivity index (χ4v) is 3.38. The molecule has 6 nitrogen and oxygen atoms in total. The molecule has 1 heterocycles. The van der Waals surface area contributed by atoms with E-state index in [1.54, 1.807) is 18.2 Å². The first-order chi connectivity index (χ1) is 9.76. The van der Waals surface area contributed by atoms with Crippen LogP contribution in [0.2, 0.25) is 0 Å². The molecule has 0 radical (unpaired) electrons. The van der Waals surface area contributed by atoms with Gasteiger partial charge in [-0.25, -0.2) is 8.42 Å². The Bertz CT molecular complexity index is 726. The molecule has 21 heavy (non-hydrogen) atoms. The summed E-state index contributed by atoms with van der Waals surface area (Å²) in [5, 5.41) is 9.37. The maximum absolute atomic E-state index is 12.1. The smallest absolute Gasteiger partial charge is 0.266 e.